The molecule has 0 atom stereocenters. The topological polar surface area (TPSA) is 0 Å². The summed E-state index contributed by atoms with van der Waals surface area (Å²) in [6.07, 6.45) is 8.05. The minimum absolute atomic E-state index is 1.23. The van der Waals surface area contributed by atoms with Crippen LogP contribution in [0.2, 0.25) is 17.7 Å². The van der Waals surface area contributed by atoms with Crippen molar-refractivity contribution in [3.8, 4) is 0 Å². The first kappa shape index (κ1) is 7.45. The Kier molecular flexibility index (Phi) is 2.26. The second kappa shape index (κ2) is 3.04. The van der Waals surface area contributed by atoms with Gasteiger partial charge in [0.05, 0.1) is 0 Å². The van der Waals surface area contributed by atoms with Crippen molar-refractivity contribution < 1.29 is 0 Å². The van der Waals surface area contributed by atoms with Gasteiger partial charge in [0, 0.05) is 0 Å². The Hall–Kier alpha value is 0.799. The third-order valence-corrected chi connectivity index (χ3v) is 19.7. The molecule has 2 aliphatic rings. The summed E-state index contributed by atoms with van der Waals surface area (Å²) >= 11 is -1.23. The molecular formula is C9H18Sn. The van der Waals surface area contributed by atoms with Gasteiger partial charge in [-0.25, -0.2) is 0 Å². The molecule has 0 bridgehead atoms. The molecule has 1 heteroatoms. The van der Waals surface area contributed by atoms with E-state index < -0.39 is 18.4 Å². The van der Waals surface area contributed by atoms with E-state index in [0.717, 1.165) is 0 Å². The molecule has 10 heavy (non-hydrogen) atoms. The van der Waals surface area contributed by atoms with Crippen LogP contribution in [0.3, 0.4) is 0 Å². The molecule has 0 radical (unpaired) electrons. The summed E-state index contributed by atoms with van der Waals surface area (Å²) in [5, 5.41) is 0. The fourth-order valence-electron chi connectivity index (χ4n) is 2.93. The summed E-state index contributed by atoms with van der Waals surface area (Å²) in [5.41, 5.74) is 0. The molecule has 58 valence electrons. The summed E-state index contributed by atoms with van der Waals surface area (Å²) in [6, 6.07) is 0. The van der Waals surface area contributed by atoms with Crippen LogP contribution in [0.25, 0.3) is 0 Å². The van der Waals surface area contributed by atoms with E-state index in [1.54, 1.807) is 49.9 Å². The predicted octanol–water partition coefficient (Wildman–Crippen LogP) is 3.41. The molecule has 0 aromatic carbocycles. The van der Waals surface area contributed by atoms with Crippen molar-refractivity contribution in [3.63, 3.8) is 0 Å². The van der Waals surface area contributed by atoms with Crippen LogP contribution in [0.15, 0.2) is 0 Å². The number of hydrogen-bond donors (Lipinski definition) is 0. The van der Waals surface area contributed by atoms with Crippen LogP contribution in [0.1, 0.15) is 32.1 Å². The van der Waals surface area contributed by atoms with Crippen molar-refractivity contribution in [1.29, 1.82) is 0 Å². The third-order valence-electron chi connectivity index (χ3n) is 3.58. The Labute approximate surface area is 68.3 Å². The van der Waals surface area contributed by atoms with Gasteiger partial charge in [-0.15, -0.1) is 0 Å². The molecular weight excluding hydrogens is 227 g/mol. The second-order valence-corrected chi connectivity index (χ2v) is 18.5. The first-order valence-electron chi connectivity index (χ1n) is 4.91. The fraction of sp³-hybridized carbons (Fsp3) is 1.00. The first-order chi connectivity index (χ1) is 4.91. The van der Waals surface area contributed by atoms with Gasteiger partial charge in [0.15, 0.2) is 0 Å². The summed E-state index contributed by atoms with van der Waals surface area (Å²) in [4.78, 5) is 0. The third kappa shape index (κ3) is 1.37. The van der Waals surface area contributed by atoms with Crippen LogP contribution >= 0.6 is 0 Å². The van der Waals surface area contributed by atoms with E-state index in [-0.39, 0.29) is 0 Å². The fourth-order valence-corrected chi connectivity index (χ4v) is 18.6. The van der Waals surface area contributed by atoms with Crippen molar-refractivity contribution in [1.82, 2.24) is 0 Å². The Morgan fingerprint density at radius 1 is 0.500 bits per heavy atom. The van der Waals surface area contributed by atoms with Gasteiger partial charge in [-0.1, -0.05) is 0 Å². The zero-order chi connectivity index (χ0) is 6.86. The summed E-state index contributed by atoms with van der Waals surface area (Å²) in [7, 11) is 0. The van der Waals surface area contributed by atoms with Gasteiger partial charge in [0.1, 0.15) is 0 Å². The Bertz CT molecular complexity index is 106. The first-order valence-corrected chi connectivity index (χ1v) is 13.0. The molecule has 2 aliphatic heterocycles. The normalized spacial score (nSPS) is 31.2. The van der Waals surface area contributed by atoms with E-state index in [2.05, 4.69) is 0 Å². The average Bonchev–Trinajstić information content (AvgIpc) is 2.39. The molecule has 0 saturated carbocycles. The quantitative estimate of drug-likeness (QED) is 0.573. The van der Waals surface area contributed by atoms with Gasteiger partial charge in [0.25, 0.3) is 0 Å². The van der Waals surface area contributed by atoms with Crippen molar-refractivity contribution in [2.45, 2.75) is 49.9 Å². The Morgan fingerprint density at radius 2 is 0.900 bits per heavy atom. The van der Waals surface area contributed by atoms with E-state index in [0.29, 0.717) is 0 Å². The van der Waals surface area contributed by atoms with Crippen LogP contribution < -0.4 is 0 Å². The van der Waals surface area contributed by atoms with Gasteiger partial charge in [-0.05, 0) is 0 Å². The van der Waals surface area contributed by atoms with Gasteiger partial charge < -0.3 is 0 Å². The molecule has 0 amide bonds. The number of hydrogen-bond acceptors (Lipinski definition) is 0. The van der Waals surface area contributed by atoms with Crippen molar-refractivity contribution in [2.24, 2.45) is 0 Å². The Morgan fingerprint density at radius 3 is 1.40 bits per heavy atom. The summed E-state index contributed by atoms with van der Waals surface area (Å²) in [5.74, 6) is 0. The molecule has 1 spiro atoms. The van der Waals surface area contributed by atoms with E-state index in [4.69, 9.17) is 0 Å². The van der Waals surface area contributed by atoms with Crippen LogP contribution in [-0.4, -0.2) is 18.4 Å². The maximum absolute atomic E-state index is 1.77. The van der Waals surface area contributed by atoms with E-state index in [1.807, 2.05) is 0 Å². The maximum atomic E-state index is 1.77. The summed E-state index contributed by atoms with van der Waals surface area (Å²) in [6.45, 7) is 0. The standard InChI is InChI=1S/C5H10.C4H8.Sn/c1-3-5-4-2;1-3-4-2;/h1-5H2;1-4H2;. The van der Waals surface area contributed by atoms with Crippen LogP contribution in [0.4, 0.5) is 0 Å². The molecule has 0 unspecified atom stereocenters. The zero-order valence-corrected chi connectivity index (χ0v) is 9.72. The SMILES string of the molecule is C1C[CH2][Sn]2([CH2]C1)[CH2]CC[CH2]2. The van der Waals surface area contributed by atoms with E-state index in [1.165, 1.54) is 0 Å². The molecule has 2 rings (SSSR count). The van der Waals surface area contributed by atoms with Crippen molar-refractivity contribution in [2.75, 3.05) is 0 Å². The van der Waals surface area contributed by atoms with Crippen LogP contribution in [-0.2, 0) is 0 Å². The van der Waals surface area contributed by atoms with Gasteiger partial charge in [-0.2, -0.15) is 0 Å². The molecule has 0 aromatic heterocycles. The van der Waals surface area contributed by atoms with Crippen molar-refractivity contribution >= 4 is 18.4 Å². The van der Waals surface area contributed by atoms with Crippen LogP contribution in [0, 0.1) is 0 Å². The van der Waals surface area contributed by atoms with E-state index >= 15 is 0 Å². The zero-order valence-electron chi connectivity index (χ0n) is 6.86. The molecule has 0 aromatic rings. The molecule has 2 fully saturated rings. The Balaban J connectivity index is 1.98. The molecule has 0 aliphatic carbocycles. The molecule has 0 N–H and O–H groups in total. The van der Waals surface area contributed by atoms with Gasteiger partial charge in [0.2, 0.25) is 0 Å². The minimum atomic E-state index is -1.23. The molecule has 2 saturated heterocycles. The molecule has 2 heterocycles. The second-order valence-electron chi connectivity index (χ2n) is 4.27. The van der Waals surface area contributed by atoms with Gasteiger partial charge in [-0.3, -0.25) is 0 Å². The van der Waals surface area contributed by atoms with Crippen molar-refractivity contribution in [3.05, 3.63) is 0 Å². The number of rotatable bonds is 0. The molecule has 0 nitrogen and oxygen atoms in total. The average molecular weight is 245 g/mol. The van der Waals surface area contributed by atoms with E-state index in [9.17, 15) is 0 Å². The summed E-state index contributed by atoms with van der Waals surface area (Å²) < 4.78 is 7.09. The van der Waals surface area contributed by atoms with Crippen LogP contribution in [0.5, 0.6) is 0 Å². The monoisotopic (exact) mass is 246 g/mol. The van der Waals surface area contributed by atoms with Gasteiger partial charge >= 0.3 is 68.2 Å². The predicted molar refractivity (Wildman–Crippen MR) is 48.1 cm³/mol.